The van der Waals surface area contributed by atoms with Crippen molar-refractivity contribution < 1.29 is 23.5 Å². The van der Waals surface area contributed by atoms with Crippen LogP contribution in [0, 0.1) is 13.8 Å². The first-order valence-electron chi connectivity index (χ1n) is 8.74. The molecule has 0 saturated heterocycles. The number of nitrogens with one attached hydrogen (secondary N) is 1. The molecule has 1 amide bonds. The lowest BCUT2D eigenvalue weighted by atomic mass is 10.1. The van der Waals surface area contributed by atoms with Crippen LogP contribution in [0.25, 0.3) is 11.0 Å². The standard InChI is InChI=1S/C21H18ClNO6/c1-12-13(2)20(25)29-17-9-18(16(22)8-15(12)17)28-19(24)10-23-21(26)27-11-14-6-4-3-5-7-14/h3-9H,10-11H2,1-2H3,(H,23,26). The average Bonchev–Trinajstić information content (AvgIpc) is 2.71. The Hall–Kier alpha value is -3.32. The van der Waals surface area contributed by atoms with Gasteiger partial charge in [-0.25, -0.2) is 14.4 Å². The lowest BCUT2D eigenvalue weighted by Gasteiger charge is -2.10. The van der Waals surface area contributed by atoms with Gasteiger partial charge in [0.25, 0.3) is 0 Å². The fraction of sp³-hybridized carbons (Fsp3) is 0.190. The van der Waals surface area contributed by atoms with E-state index in [0.29, 0.717) is 10.9 Å². The molecule has 3 rings (SSSR count). The topological polar surface area (TPSA) is 94.8 Å². The number of amides is 1. The number of ether oxygens (including phenoxy) is 2. The molecule has 1 N–H and O–H groups in total. The molecule has 0 aliphatic heterocycles. The second-order valence-corrected chi connectivity index (χ2v) is 6.71. The number of esters is 1. The largest absolute Gasteiger partial charge is 0.445 e. The number of fused-ring (bicyclic) bond motifs is 1. The number of carbonyl (C=O) groups excluding carboxylic acids is 2. The summed E-state index contributed by atoms with van der Waals surface area (Å²) in [5.74, 6) is -0.732. The number of hydrogen-bond donors (Lipinski definition) is 1. The fourth-order valence-corrected chi connectivity index (χ4v) is 2.80. The lowest BCUT2D eigenvalue weighted by Crippen LogP contribution is -2.32. The van der Waals surface area contributed by atoms with Crippen LogP contribution in [0.1, 0.15) is 16.7 Å². The molecule has 0 bridgehead atoms. The quantitative estimate of drug-likeness (QED) is 0.386. The molecular weight excluding hydrogens is 398 g/mol. The molecule has 1 aromatic heterocycles. The van der Waals surface area contributed by atoms with Gasteiger partial charge in [-0.3, -0.25) is 0 Å². The Bertz CT molecular complexity index is 1120. The second-order valence-electron chi connectivity index (χ2n) is 6.31. The van der Waals surface area contributed by atoms with Crippen LogP contribution in [0.4, 0.5) is 4.79 Å². The summed E-state index contributed by atoms with van der Waals surface area (Å²) in [5.41, 5.74) is 1.81. The van der Waals surface area contributed by atoms with Crippen LogP contribution in [-0.4, -0.2) is 18.6 Å². The van der Waals surface area contributed by atoms with Gasteiger partial charge in [-0.05, 0) is 31.0 Å². The molecule has 2 aromatic carbocycles. The number of rotatable bonds is 5. The minimum absolute atomic E-state index is 0.0232. The first-order chi connectivity index (χ1) is 13.8. The SMILES string of the molecule is Cc1c(C)c2cc(Cl)c(OC(=O)CNC(=O)OCc3ccccc3)cc2oc1=O. The van der Waals surface area contributed by atoms with Crippen LogP contribution in [0.2, 0.25) is 5.02 Å². The van der Waals surface area contributed by atoms with Crippen molar-refractivity contribution in [2.24, 2.45) is 0 Å². The molecule has 3 aromatic rings. The molecule has 0 atom stereocenters. The Morgan fingerprint density at radius 3 is 2.55 bits per heavy atom. The fourth-order valence-electron chi connectivity index (χ4n) is 2.60. The molecule has 8 heteroatoms. The zero-order valence-electron chi connectivity index (χ0n) is 15.8. The maximum Gasteiger partial charge on any atom is 0.407 e. The van der Waals surface area contributed by atoms with Crippen molar-refractivity contribution in [1.82, 2.24) is 5.32 Å². The summed E-state index contributed by atoms with van der Waals surface area (Å²) in [7, 11) is 0. The summed E-state index contributed by atoms with van der Waals surface area (Å²) >= 11 is 6.18. The van der Waals surface area contributed by atoms with E-state index in [9.17, 15) is 14.4 Å². The zero-order valence-corrected chi connectivity index (χ0v) is 16.5. The van der Waals surface area contributed by atoms with Crippen molar-refractivity contribution in [2.45, 2.75) is 20.5 Å². The third kappa shape index (κ3) is 4.94. The van der Waals surface area contributed by atoms with Crippen LogP contribution in [0.5, 0.6) is 5.75 Å². The van der Waals surface area contributed by atoms with Gasteiger partial charge in [0.05, 0.1) is 5.02 Å². The van der Waals surface area contributed by atoms with E-state index in [1.807, 2.05) is 30.3 Å². The molecule has 7 nitrogen and oxygen atoms in total. The van der Waals surface area contributed by atoms with Gasteiger partial charge in [0.2, 0.25) is 0 Å². The average molecular weight is 416 g/mol. The lowest BCUT2D eigenvalue weighted by molar-refractivity contribution is -0.133. The summed E-state index contributed by atoms with van der Waals surface area (Å²) < 4.78 is 15.4. The highest BCUT2D eigenvalue weighted by Crippen LogP contribution is 2.31. The molecule has 0 unspecified atom stereocenters. The predicted octanol–water partition coefficient (Wildman–Crippen LogP) is 3.90. The van der Waals surface area contributed by atoms with Crippen molar-refractivity contribution in [3.63, 3.8) is 0 Å². The normalized spacial score (nSPS) is 10.6. The van der Waals surface area contributed by atoms with Crippen molar-refractivity contribution >= 4 is 34.6 Å². The molecule has 0 radical (unpaired) electrons. The Balaban J connectivity index is 1.61. The molecule has 0 aliphatic rings. The van der Waals surface area contributed by atoms with E-state index >= 15 is 0 Å². The van der Waals surface area contributed by atoms with Gasteiger partial charge in [-0.1, -0.05) is 41.9 Å². The molecule has 150 valence electrons. The van der Waals surface area contributed by atoms with E-state index in [1.54, 1.807) is 19.9 Å². The number of hydrogen-bond acceptors (Lipinski definition) is 6. The summed E-state index contributed by atoms with van der Waals surface area (Å²) in [4.78, 5) is 35.6. The van der Waals surface area contributed by atoms with Gasteiger partial charge in [-0.2, -0.15) is 0 Å². The van der Waals surface area contributed by atoms with Gasteiger partial charge < -0.3 is 19.2 Å². The maximum atomic E-state index is 12.0. The minimum atomic E-state index is -0.757. The Labute approximate surface area is 171 Å². The van der Waals surface area contributed by atoms with E-state index in [-0.39, 0.29) is 23.0 Å². The van der Waals surface area contributed by atoms with Gasteiger partial charge in [0.1, 0.15) is 18.7 Å². The van der Waals surface area contributed by atoms with Crippen LogP contribution < -0.4 is 15.7 Å². The molecule has 0 fully saturated rings. The van der Waals surface area contributed by atoms with Crippen LogP contribution in [-0.2, 0) is 16.1 Å². The smallest absolute Gasteiger partial charge is 0.407 e. The Morgan fingerprint density at radius 1 is 1.10 bits per heavy atom. The number of alkyl carbamates (subject to hydrolysis) is 1. The predicted molar refractivity (Wildman–Crippen MR) is 107 cm³/mol. The number of carbonyl (C=O) groups is 2. The first kappa shape index (κ1) is 20.4. The molecule has 0 saturated carbocycles. The van der Waals surface area contributed by atoms with E-state index in [1.165, 1.54) is 6.07 Å². The zero-order chi connectivity index (χ0) is 21.0. The highest BCUT2D eigenvalue weighted by molar-refractivity contribution is 6.33. The maximum absolute atomic E-state index is 12.0. The first-order valence-corrected chi connectivity index (χ1v) is 9.11. The summed E-state index contributed by atoms with van der Waals surface area (Å²) in [6, 6.07) is 12.1. The molecular formula is C21H18ClNO6. The van der Waals surface area contributed by atoms with Crippen LogP contribution in [0.15, 0.2) is 51.7 Å². The monoisotopic (exact) mass is 415 g/mol. The van der Waals surface area contributed by atoms with Crippen LogP contribution >= 0.6 is 11.6 Å². The van der Waals surface area contributed by atoms with Gasteiger partial charge in [0.15, 0.2) is 5.75 Å². The minimum Gasteiger partial charge on any atom is -0.445 e. The number of aryl methyl sites for hydroxylation is 1. The summed E-state index contributed by atoms with van der Waals surface area (Å²) in [5, 5.41) is 3.13. The summed E-state index contributed by atoms with van der Waals surface area (Å²) in [6.45, 7) is 3.10. The van der Waals surface area contributed by atoms with Gasteiger partial charge in [-0.15, -0.1) is 0 Å². The molecule has 0 aliphatic carbocycles. The highest BCUT2D eigenvalue weighted by atomic mass is 35.5. The van der Waals surface area contributed by atoms with E-state index in [0.717, 1.165) is 11.1 Å². The van der Waals surface area contributed by atoms with E-state index in [2.05, 4.69) is 5.32 Å². The van der Waals surface area contributed by atoms with Crippen molar-refractivity contribution in [1.29, 1.82) is 0 Å². The van der Waals surface area contributed by atoms with E-state index < -0.39 is 24.2 Å². The van der Waals surface area contributed by atoms with Crippen molar-refractivity contribution in [3.05, 3.63) is 74.6 Å². The van der Waals surface area contributed by atoms with E-state index in [4.69, 9.17) is 25.5 Å². The summed E-state index contributed by atoms with van der Waals surface area (Å²) in [6.07, 6.45) is -0.757. The number of halogens is 1. The Morgan fingerprint density at radius 2 is 1.83 bits per heavy atom. The Kier molecular flexibility index (Phi) is 6.19. The third-order valence-electron chi connectivity index (χ3n) is 4.32. The molecule has 1 heterocycles. The second kappa shape index (κ2) is 8.79. The molecule has 29 heavy (non-hydrogen) atoms. The highest BCUT2D eigenvalue weighted by Gasteiger charge is 2.15. The van der Waals surface area contributed by atoms with Gasteiger partial charge >= 0.3 is 17.7 Å². The van der Waals surface area contributed by atoms with Crippen LogP contribution in [0.3, 0.4) is 0 Å². The third-order valence-corrected chi connectivity index (χ3v) is 4.62. The van der Waals surface area contributed by atoms with Gasteiger partial charge in [0, 0.05) is 17.0 Å². The van der Waals surface area contributed by atoms with Crippen molar-refractivity contribution in [3.8, 4) is 5.75 Å². The van der Waals surface area contributed by atoms with Crippen molar-refractivity contribution in [2.75, 3.05) is 6.54 Å². The molecule has 0 spiro atoms. The number of benzene rings is 2.